The number of carboxylic acid groups (broad SMARTS) is 1. The number of benzene rings is 1. The maximum atomic E-state index is 12.5. The van der Waals surface area contributed by atoms with Crippen LogP contribution in [0.3, 0.4) is 0 Å². The molecule has 1 aromatic carbocycles. The van der Waals surface area contributed by atoms with Gasteiger partial charge in [-0.3, -0.25) is 4.79 Å². The van der Waals surface area contributed by atoms with Gasteiger partial charge in [0.05, 0.1) is 17.7 Å². The van der Waals surface area contributed by atoms with Crippen molar-refractivity contribution in [1.29, 1.82) is 0 Å². The molecule has 1 rings (SSSR count). The molecule has 5 nitrogen and oxygen atoms in total. The number of aliphatic hydroxyl groups excluding tert-OH is 1. The van der Waals surface area contributed by atoms with Crippen molar-refractivity contribution in [3.8, 4) is 0 Å². The van der Waals surface area contributed by atoms with Crippen LogP contribution in [0.2, 0.25) is 0 Å². The Morgan fingerprint density at radius 1 is 1.25 bits per heavy atom. The number of hydrogen-bond donors (Lipinski definition) is 2. The van der Waals surface area contributed by atoms with Crippen LogP contribution >= 0.6 is 0 Å². The monoisotopic (exact) mass is 277 g/mol. The van der Waals surface area contributed by atoms with Crippen molar-refractivity contribution in [2.45, 2.75) is 13.8 Å². The lowest BCUT2D eigenvalue weighted by molar-refractivity contribution is 0.0671. The lowest BCUT2D eigenvalue weighted by Crippen LogP contribution is -2.35. The Hall–Kier alpha value is -2.14. The van der Waals surface area contributed by atoms with Gasteiger partial charge in [-0.25, -0.2) is 4.79 Å². The Kier molecular flexibility index (Phi) is 5.46. The minimum atomic E-state index is -1.13. The number of aromatic carboxylic acids is 1. The van der Waals surface area contributed by atoms with Crippen LogP contribution in [0.15, 0.2) is 24.8 Å². The van der Waals surface area contributed by atoms with Crippen LogP contribution in [0.4, 0.5) is 0 Å². The fourth-order valence-electron chi connectivity index (χ4n) is 2.07. The number of carbonyl (C=O) groups is 2. The highest BCUT2D eigenvalue weighted by molar-refractivity contribution is 6.06. The number of hydrogen-bond acceptors (Lipinski definition) is 3. The molecule has 1 aromatic rings. The zero-order valence-electron chi connectivity index (χ0n) is 11.7. The smallest absolute Gasteiger partial charge is 0.336 e. The SMILES string of the molecule is C=CCN(CCO)C(=O)c1c(C)ccc(C)c1C(=O)O. The topological polar surface area (TPSA) is 77.8 Å². The van der Waals surface area contributed by atoms with Gasteiger partial charge >= 0.3 is 5.97 Å². The van der Waals surface area contributed by atoms with E-state index < -0.39 is 11.9 Å². The highest BCUT2D eigenvalue weighted by Crippen LogP contribution is 2.20. The number of aliphatic hydroxyl groups is 1. The normalized spacial score (nSPS) is 10.2. The average Bonchev–Trinajstić information content (AvgIpc) is 2.39. The number of carbonyl (C=O) groups excluding carboxylic acids is 1. The molecular formula is C15H19NO4. The molecule has 0 heterocycles. The van der Waals surface area contributed by atoms with Gasteiger partial charge in [0.1, 0.15) is 0 Å². The lowest BCUT2D eigenvalue weighted by Gasteiger charge is -2.22. The summed E-state index contributed by atoms with van der Waals surface area (Å²) in [5, 5.41) is 18.3. The zero-order valence-corrected chi connectivity index (χ0v) is 11.7. The maximum absolute atomic E-state index is 12.5. The molecule has 1 amide bonds. The Morgan fingerprint density at radius 3 is 2.25 bits per heavy atom. The van der Waals surface area contributed by atoms with Crippen LogP contribution in [-0.4, -0.2) is 46.7 Å². The van der Waals surface area contributed by atoms with Crippen LogP contribution in [0.25, 0.3) is 0 Å². The molecular weight excluding hydrogens is 258 g/mol. The molecule has 0 radical (unpaired) electrons. The van der Waals surface area contributed by atoms with Gasteiger partial charge in [0.25, 0.3) is 5.91 Å². The molecule has 0 aliphatic carbocycles. The van der Waals surface area contributed by atoms with Gasteiger partial charge in [-0.05, 0) is 25.0 Å². The molecule has 0 atom stereocenters. The summed E-state index contributed by atoms with van der Waals surface area (Å²) in [5.41, 5.74) is 1.33. The largest absolute Gasteiger partial charge is 0.478 e. The summed E-state index contributed by atoms with van der Waals surface area (Å²) in [7, 11) is 0. The Balaban J connectivity index is 3.36. The highest BCUT2D eigenvalue weighted by Gasteiger charge is 2.24. The third kappa shape index (κ3) is 3.24. The first-order chi connectivity index (χ1) is 9.43. The molecule has 0 aliphatic rings. The van der Waals surface area contributed by atoms with Crippen LogP contribution in [-0.2, 0) is 0 Å². The predicted molar refractivity (Wildman–Crippen MR) is 76.1 cm³/mol. The predicted octanol–water partition coefficient (Wildman–Crippen LogP) is 1.62. The fourth-order valence-corrected chi connectivity index (χ4v) is 2.07. The number of nitrogens with zero attached hydrogens (tertiary/aromatic N) is 1. The second-order valence-corrected chi connectivity index (χ2v) is 4.52. The molecule has 0 spiro atoms. The molecule has 20 heavy (non-hydrogen) atoms. The third-order valence-corrected chi connectivity index (χ3v) is 3.06. The van der Waals surface area contributed by atoms with Crippen molar-refractivity contribution < 1.29 is 19.8 Å². The molecule has 0 aliphatic heterocycles. The fraction of sp³-hybridized carbons (Fsp3) is 0.333. The van der Waals surface area contributed by atoms with Gasteiger partial charge < -0.3 is 15.1 Å². The van der Waals surface area contributed by atoms with Crippen LogP contribution in [0.5, 0.6) is 0 Å². The second kappa shape index (κ2) is 6.86. The Bertz CT molecular complexity index is 537. The standard InChI is InChI=1S/C15H19NO4/c1-4-7-16(8-9-17)14(18)12-10(2)5-6-11(3)13(12)15(19)20/h4-6,17H,1,7-9H2,2-3H3,(H,19,20). The minimum absolute atomic E-state index is 0.0157. The van der Waals surface area contributed by atoms with Crippen molar-refractivity contribution >= 4 is 11.9 Å². The van der Waals surface area contributed by atoms with Gasteiger partial charge in [0.2, 0.25) is 0 Å². The summed E-state index contributed by atoms with van der Waals surface area (Å²) < 4.78 is 0. The first kappa shape index (κ1) is 15.9. The number of rotatable bonds is 6. The van der Waals surface area contributed by atoms with Crippen molar-refractivity contribution in [2.75, 3.05) is 19.7 Å². The zero-order chi connectivity index (χ0) is 15.3. The molecule has 0 unspecified atom stereocenters. The lowest BCUT2D eigenvalue weighted by atomic mass is 9.96. The van der Waals surface area contributed by atoms with E-state index in [1.165, 1.54) is 4.90 Å². The molecule has 0 aromatic heterocycles. The van der Waals surface area contributed by atoms with Crippen molar-refractivity contribution in [3.05, 3.63) is 47.0 Å². The Labute approximate surface area is 118 Å². The summed E-state index contributed by atoms with van der Waals surface area (Å²) in [6, 6.07) is 3.40. The van der Waals surface area contributed by atoms with Crippen LogP contribution in [0, 0.1) is 13.8 Å². The van der Waals surface area contributed by atoms with Crippen molar-refractivity contribution in [3.63, 3.8) is 0 Å². The number of amides is 1. The van der Waals surface area contributed by atoms with Gasteiger partial charge in [0, 0.05) is 13.1 Å². The van der Waals surface area contributed by atoms with Crippen LogP contribution < -0.4 is 0 Å². The van der Waals surface area contributed by atoms with Gasteiger partial charge in [-0.15, -0.1) is 6.58 Å². The maximum Gasteiger partial charge on any atom is 0.336 e. The summed E-state index contributed by atoms with van der Waals surface area (Å²) in [5.74, 6) is -1.53. The van der Waals surface area contributed by atoms with E-state index >= 15 is 0 Å². The first-order valence-electron chi connectivity index (χ1n) is 6.28. The van der Waals surface area contributed by atoms with E-state index in [4.69, 9.17) is 5.11 Å². The summed E-state index contributed by atoms with van der Waals surface area (Å²) >= 11 is 0. The minimum Gasteiger partial charge on any atom is -0.478 e. The first-order valence-corrected chi connectivity index (χ1v) is 6.28. The quantitative estimate of drug-likeness (QED) is 0.775. The van der Waals surface area contributed by atoms with Crippen molar-refractivity contribution in [2.24, 2.45) is 0 Å². The summed E-state index contributed by atoms with van der Waals surface area (Å²) in [4.78, 5) is 25.3. The van der Waals surface area contributed by atoms with Gasteiger partial charge in [-0.1, -0.05) is 18.2 Å². The second-order valence-electron chi connectivity index (χ2n) is 4.52. The molecule has 0 fully saturated rings. The molecule has 5 heteroatoms. The molecule has 2 N–H and O–H groups in total. The van der Waals surface area contributed by atoms with E-state index in [1.807, 2.05) is 0 Å². The van der Waals surface area contributed by atoms with E-state index in [9.17, 15) is 14.7 Å². The van der Waals surface area contributed by atoms with Crippen molar-refractivity contribution in [1.82, 2.24) is 4.90 Å². The summed E-state index contributed by atoms with van der Waals surface area (Å²) in [6.07, 6.45) is 1.54. The number of aryl methyl sites for hydroxylation is 2. The number of carboxylic acids is 1. The molecule has 0 saturated carbocycles. The summed E-state index contributed by atoms with van der Waals surface area (Å²) in [6.45, 7) is 7.12. The molecule has 0 saturated heterocycles. The van der Waals surface area contributed by atoms with E-state index in [0.717, 1.165) is 0 Å². The van der Waals surface area contributed by atoms with E-state index in [-0.39, 0.29) is 30.8 Å². The van der Waals surface area contributed by atoms with Crippen LogP contribution in [0.1, 0.15) is 31.8 Å². The highest BCUT2D eigenvalue weighted by atomic mass is 16.4. The average molecular weight is 277 g/mol. The molecule has 108 valence electrons. The van der Waals surface area contributed by atoms with Gasteiger partial charge in [0.15, 0.2) is 0 Å². The van der Waals surface area contributed by atoms with E-state index in [2.05, 4.69) is 6.58 Å². The molecule has 0 bridgehead atoms. The Morgan fingerprint density at radius 2 is 1.80 bits per heavy atom. The van der Waals surface area contributed by atoms with E-state index in [0.29, 0.717) is 11.1 Å². The third-order valence-electron chi connectivity index (χ3n) is 3.06. The van der Waals surface area contributed by atoms with Gasteiger partial charge in [-0.2, -0.15) is 0 Å². The van der Waals surface area contributed by atoms with E-state index in [1.54, 1.807) is 32.1 Å².